The van der Waals surface area contributed by atoms with Gasteiger partial charge in [-0.2, -0.15) is 0 Å². The van der Waals surface area contributed by atoms with E-state index in [0.29, 0.717) is 11.2 Å². The molecule has 0 aliphatic heterocycles. The molecule has 1 aromatic carbocycles. The largest absolute Gasteiger partial charge is 0.497 e. The van der Waals surface area contributed by atoms with Crippen molar-refractivity contribution in [3.05, 3.63) is 29.8 Å². The molecule has 1 N–H and O–H groups in total. The number of hydrogen-bond acceptors (Lipinski definition) is 2. The summed E-state index contributed by atoms with van der Waals surface area (Å²) in [7, 11) is 1.65. The van der Waals surface area contributed by atoms with Crippen molar-refractivity contribution in [2.45, 2.75) is 44.0 Å². The number of amides is 1. The van der Waals surface area contributed by atoms with Crippen LogP contribution in [-0.4, -0.2) is 23.9 Å². The van der Waals surface area contributed by atoms with Crippen LogP contribution in [0.4, 0.5) is 0 Å². The van der Waals surface area contributed by atoms with Gasteiger partial charge in [0.2, 0.25) is 5.91 Å². The summed E-state index contributed by atoms with van der Waals surface area (Å²) in [5, 5.41) is 3.01. The maximum absolute atomic E-state index is 11.8. The van der Waals surface area contributed by atoms with Gasteiger partial charge in [0, 0.05) is 17.3 Å². The van der Waals surface area contributed by atoms with Gasteiger partial charge in [-0.1, -0.05) is 35.0 Å². The first kappa shape index (κ1) is 16.0. The van der Waals surface area contributed by atoms with E-state index in [-0.39, 0.29) is 11.9 Å². The Labute approximate surface area is 123 Å². The lowest BCUT2D eigenvalue weighted by Gasteiger charge is -2.15. The molecule has 1 aromatic rings. The summed E-state index contributed by atoms with van der Waals surface area (Å²) in [6.45, 7) is 4.11. The quantitative estimate of drug-likeness (QED) is 0.780. The number of halogens is 1. The zero-order chi connectivity index (χ0) is 14.3. The molecule has 0 heterocycles. The molecule has 0 saturated carbocycles. The Hall–Kier alpha value is -1.03. The number of alkyl halides is 1. The molecule has 2 atom stereocenters. The third-order valence-electron chi connectivity index (χ3n) is 2.89. The first-order valence-corrected chi connectivity index (χ1v) is 7.49. The maximum Gasteiger partial charge on any atom is 0.220 e. The van der Waals surface area contributed by atoms with Gasteiger partial charge in [-0.3, -0.25) is 4.79 Å². The Kier molecular flexibility index (Phi) is 6.92. The monoisotopic (exact) mass is 327 g/mol. The van der Waals surface area contributed by atoms with Gasteiger partial charge in [0.05, 0.1) is 7.11 Å². The Morgan fingerprint density at radius 1 is 1.32 bits per heavy atom. The van der Waals surface area contributed by atoms with Crippen molar-refractivity contribution in [3.8, 4) is 5.75 Å². The number of ether oxygens (including phenoxy) is 1. The zero-order valence-electron chi connectivity index (χ0n) is 11.8. The molecule has 0 radical (unpaired) electrons. The fourth-order valence-corrected chi connectivity index (χ4v) is 2.50. The highest BCUT2D eigenvalue weighted by Crippen LogP contribution is 2.12. The molecule has 0 bridgehead atoms. The number of nitrogens with one attached hydrogen (secondary N) is 1. The lowest BCUT2D eigenvalue weighted by Crippen LogP contribution is -2.33. The maximum atomic E-state index is 11.8. The van der Waals surface area contributed by atoms with Crippen LogP contribution < -0.4 is 10.1 Å². The van der Waals surface area contributed by atoms with Crippen LogP contribution in [-0.2, 0) is 11.2 Å². The number of methoxy groups -OCH3 is 1. The topological polar surface area (TPSA) is 38.3 Å². The molecule has 4 heteroatoms. The molecule has 106 valence electrons. The van der Waals surface area contributed by atoms with Crippen molar-refractivity contribution in [3.63, 3.8) is 0 Å². The number of rotatable bonds is 7. The Balaban J connectivity index is 2.33. The van der Waals surface area contributed by atoms with Gasteiger partial charge in [0.25, 0.3) is 0 Å². The van der Waals surface area contributed by atoms with Crippen molar-refractivity contribution < 1.29 is 9.53 Å². The van der Waals surface area contributed by atoms with E-state index in [1.807, 2.05) is 31.2 Å². The van der Waals surface area contributed by atoms with Gasteiger partial charge in [0.15, 0.2) is 0 Å². The summed E-state index contributed by atoms with van der Waals surface area (Å²) in [4.78, 5) is 12.2. The van der Waals surface area contributed by atoms with Crippen molar-refractivity contribution >= 4 is 21.8 Å². The third kappa shape index (κ3) is 6.62. The van der Waals surface area contributed by atoms with Crippen LogP contribution in [0.5, 0.6) is 5.75 Å². The van der Waals surface area contributed by atoms with Gasteiger partial charge >= 0.3 is 0 Å². The number of aryl methyl sites for hydroxylation is 1. The van der Waals surface area contributed by atoms with E-state index in [4.69, 9.17) is 4.74 Å². The summed E-state index contributed by atoms with van der Waals surface area (Å²) < 4.78 is 5.10. The molecular weight excluding hydrogens is 306 g/mol. The lowest BCUT2D eigenvalue weighted by atomic mass is 10.1. The lowest BCUT2D eigenvalue weighted by molar-refractivity contribution is -0.121. The van der Waals surface area contributed by atoms with Gasteiger partial charge in [-0.25, -0.2) is 0 Å². The van der Waals surface area contributed by atoms with Crippen LogP contribution in [0.3, 0.4) is 0 Å². The van der Waals surface area contributed by atoms with E-state index < -0.39 is 0 Å². The number of carbonyl (C=O) groups excluding carboxylic acids is 1. The minimum Gasteiger partial charge on any atom is -0.497 e. The summed E-state index contributed by atoms with van der Waals surface area (Å²) in [6.07, 6.45) is 2.22. The molecular formula is C15H22BrNO2. The van der Waals surface area contributed by atoms with Crippen molar-refractivity contribution in [2.75, 3.05) is 7.11 Å². The Morgan fingerprint density at radius 3 is 2.47 bits per heavy atom. The van der Waals surface area contributed by atoms with Crippen LogP contribution in [0, 0.1) is 0 Å². The number of benzene rings is 1. The van der Waals surface area contributed by atoms with Crippen LogP contribution >= 0.6 is 15.9 Å². The Morgan fingerprint density at radius 2 is 1.95 bits per heavy atom. The third-order valence-corrected chi connectivity index (χ3v) is 3.26. The molecule has 3 nitrogen and oxygen atoms in total. The SMILES string of the molecule is COc1ccc(CCC(=O)NC(C)CC(C)Br)cc1. The summed E-state index contributed by atoms with van der Waals surface area (Å²) in [6, 6.07) is 8.04. The molecule has 2 unspecified atom stereocenters. The second-order valence-corrected chi connectivity index (χ2v) is 6.40. The smallest absolute Gasteiger partial charge is 0.220 e. The summed E-state index contributed by atoms with van der Waals surface area (Å²) in [5.74, 6) is 0.949. The first-order chi connectivity index (χ1) is 9.01. The molecule has 1 amide bonds. The first-order valence-electron chi connectivity index (χ1n) is 6.57. The van der Waals surface area contributed by atoms with Crippen LogP contribution in [0.15, 0.2) is 24.3 Å². The van der Waals surface area contributed by atoms with Crippen LogP contribution in [0.2, 0.25) is 0 Å². The molecule has 0 fully saturated rings. The highest BCUT2D eigenvalue weighted by atomic mass is 79.9. The van der Waals surface area contributed by atoms with Gasteiger partial charge < -0.3 is 10.1 Å². The minimum absolute atomic E-state index is 0.108. The van der Waals surface area contributed by atoms with Crippen LogP contribution in [0.25, 0.3) is 0 Å². The predicted molar refractivity (Wildman–Crippen MR) is 81.9 cm³/mol. The zero-order valence-corrected chi connectivity index (χ0v) is 13.4. The standard InChI is InChI=1S/C15H22BrNO2/c1-11(16)10-12(2)17-15(18)9-6-13-4-7-14(19-3)8-5-13/h4-5,7-8,11-12H,6,9-10H2,1-3H3,(H,17,18). The van der Waals surface area contributed by atoms with Crippen molar-refractivity contribution in [1.82, 2.24) is 5.32 Å². The van der Waals surface area contributed by atoms with Gasteiger partial charge in [-0.15, -0.1) is 0 Å². The van der Waals surface area contributed by atoms with Gasteiger partial charge in [-0.05, 0) is 37.5 Å². The average molecular weight is 328 g/mol. The number of carbonyl (C=O) groups is 1. The second kappa shape index (κ2) is 8.20. The predicted octanol–water partition coefficient (Wildman–Crippen LogP) is 3.31. The fourth-order valence-electron chi connectivity index (χ4n) is 1.94. The molecule has 0 aliphatic rings. The van der Waals surface area contributed by atoms with Crippen molar-refractivity contribution in [2.24, 2.45) is 0 Å². The summed E-state index contributed by atoms with van der Waals surface area (Å²) in [5.41, 5.74) is 1.15. The van der Waals surface area contributed by atoms with E-state index >= 15 is 0 Å². The molecule has 0 saturated heterocycles. The van der Waals surface area contributed by atoms with Gasteiger partial charge in [0.1, 0.15) is 5.75 Å². The summed E-state index contributed by atoms with van der Waals surface area (Å²) >= 11 is 3.49. The van der Waals surface area contributed by atoms with E-state index in [1.54, 1.807) is 7.11 Å². The van der Waals surface area contributed by atoms with E-state index in [0.717, 1.165) is 24.2 Å². The fraction of sp³-hybridized carbons (Fsp3) is 0.533. The molecule has 0 aromatic heterocycles. The highest BCUT2D eigenvalue weighted by molar-refractivity contribution is 9.09. The number of hydrogen-bond donors (Lipinski definition) is 1. The molecule has 0 aliphatic carbocycles. The van der Waals surface area contributed by atoms with Crippen LogP contribution in [0.1, 0.15) is 32.3 Å². The van der Waals surface area contributed by atoms with Crippen molar-refractivity contribution in [1.29, 1.82) is 0 Å². The Bertz CT molecular complexity index is 390. The molecule has 19 heavy (non-hydrogen) atoms. The van der Waals surface area contributed by atoms with E-state index in [9.17, 15) is 4.79 Å². The normalized spacial score (nSPS) is 13.7. The van der Waals surface area contributed by atoms with E-state index in [2.05, 4.69) is 28.2 Å². The molecule has 1 rings (SSSR count). The average Bonchev–Trinajstić information content (AvgIpc) is 2.36. The molecule has 0 spiro atoms. The highest BCUT2D eigenvalue weighted by Gasteiger charge is 2.09. The minimum atomic E-state index is 0.108. The second-order valence-electron chi connectivity index (χ2n) is 4.83. The van der Waals surface area contributed by atoms with E-state index in [1.165, 1.54) is 0 Å².